The number of morpholine rings is 1. The largest absolute Gasteiger partial charge is 0.366 e. The van der Waals surface area contributed by atoms with Gasteiger partial charge in [0.1, 0.15) is 12.4 Å². The Labute approximate surface area is 175 Å². The molecule has 1 aliphatic rings. The Morgan fingerprint density at radius 3 is 2.72 bits per heavy atom. The first-order valence-corrected chi connectivity index (χ1v) is 9.83. The van der Waals surface area contributed by atoms with Crippen LogP contribution in [0.4, 0.5) is 5.95 Å². The fourth-order valence-electron chi connectivity index (χ4n) is 3.17. The molecule has 148 valence electrons. The van der Waals surface area contributed by atoms with Crippen LogP contribution in [0, 0.1) is 0 Å². The van der Waals surface area contributed by atoms with Crippen molar-refractivity contribution in [1.82, 2.24) is 19.5 Å². The lowest BCUT2D eigenvalue weighted by Gasteiger charge is -2.33. The molecule has 3 heterocycles. The molecule has 1 fully saturated rings. The van der Waals surface area contributed by atoms with Crippen LogP contribution in [0.3, 0.4) is 0 Å². The van der Waals surface area contributed by atoms with E-state index in [1.165, 1.54) is 17.0 Å². The Bertz CT molecular complexity index is 1090. The molecule has 3 aromatic rings. The van der Waals surface area contributed by atoms with Gasteiger partial charge in [-0.2, -0.15) is 0 Å². The quantitative estimate of drug-likeness (QED) is 0.556. The number of benzene rings is 1. The first-order chi connectivity index (χ1) is 14.0. The minimum absolute atomic E-state index is 0.0980. The molecule has 1 unspecified atom stereocenters. The van der Waals surface area contributed by atoms with Gasteiger partial charge in [0.15, 0.2) is 5.78 Å². The Morgan fingerprint density at radius 2 is 2.00 bits per heavy atom. The number of carbonyl (C=O) groups is 1. The molecule has 0 aliphatic carbocycles. The summed E-state index contributed by atoms with van der Waals surface area (Å²) in [6, 6.07) is 10.3. The van der Waals surface area contributed by atoms with Crippen molar-refractivity contribution in [2.75, 3.05) is 24.6 Å². The van der Waals surface area contributed by atoms with E-state index in [1.54, 1.807) is 31.4 Å². The smallest absolute Gasteiger partial charge is 0.255 e. The first-order valence-electron chi connectivity index (χ1n) is 9.04. The van der Waals surface area contributed by atoms with Crippen LogP contribution in [0.25, 0.3) is 11.4 Å². The van der Waals surface area contributed by atoms with E-state index in [2.05, 4.69) is 30.9 Å². The summed E-state index contributed by atoms with van der Waals surface area (Å²) in [4.78, 5) is 40.0. The number of carbonyl (C=O) groups excluding carboxylic acids is 1. The van der Waals surface area contributed by atoms with Crippen molar-refractivity contribution in [3.8, 4) is 11.4 Å². The summed E-state index contributed by atoms with van der Waals surface area (Å²) in [7, 11) is 1.66. The van der Waals surface area contributed by atoms with Crippen molar-refractivity contribution in [3.05, 3.63) is 69.3 Å². The zero-order chi connectivity index (χ0) is 20.4. The topological polar surface area (TPSA) is 90.2 Å². The first kappa shape index (κ1) is 19.4. The van der Waals surface area contributed by atoms with Gasteiger partial charge < -0.3 is 9.64 Å². The highest BCUT2D eigenvalue weighted by atomic mass is 79.9. The number of hydrogen-bond donors (Lipinski definition) is 0. The van der Waals surface area contributed by atoms with E-state index in [0.717, 1.165) is 4.47 Å². The molecule has 0 N–H and O–H groups in total. The minimum Gasteiger partial charge on any atom is -0.366 e. The van der Waals surface area contributed by atoms with E-state index in [1.807, 2.05) is 17.0 Å². The van der Waals surface area contributed by atoms with Crippen LogP contribution in [0.1, 0.15) is 10.4 Å². The van der Waals surface area contributed by atoms with Crippen LogP contribution >= 0.6 is 15.9 Å². The van der Waals surface area contributed by atoms with Crippen molar-refractivity contribution in [3.63, 3.8) is 0 Å². The van der Waals surface area contributed by atoms with Gasteiger partial charge >= 0.3 is 0 Å². The molecule has 0 amide bonds. The Morgan fingerprint density at radius 1 is 1.21 bits per heavy atom. The van der Waals surface area contributed by atoms with E-state index in [-0.39, 0.29) is 11.3 Å². The molecule has 1 aliphatic heterocycles. The van der Waals surface area contributed by atoms with Crippen molar-refractivity contribution in [2.45, 2.75) is 6.10 Å². The number of hydrogen-bond acceptors (Lipinski definition) is 7. The second kappa shape index (κ2) is 8.22. The Kier molecular flexibility index (Phi) is 5.50. The summed E-state index contributed by atoms with van der Waals surface area (Å²) in [5, 5.41) is 0. The Balaban J connectivity index is 1.63. The van der Waals surface area contributed by atoms with Crippen molar-refractivity contribution in [2.24, 2.45) is 7.05 Å². The highest BCUT2D eigenvalue weighted by Gasteiger charge is 2.29. The van der Waals surface area contributed by atoms with E-state index in [4.69, 9.17) is 4.74 Å². The van der Waals surface area contributed by atoms with E-state index in [0.29, 0.717) is 42.6 Å². The average molecular weight is 456 g/mol. The third-order valence-electron chi connectivity index (χ3n) is 4.73. The number of ketones is 1. The molecule has 8 nitrogen and oxygen atoms in total. The molecule has 4 rings (SSSR count). The van der Waals surface area contributed by atoms with Crippen LogP contribution in [0.5, 0.6) is 0 Å². The number of Topliss-reactive ketones (excluding diaryl/α,β-unsaturated/α-hetero) is 1. The lowest BCUT2D eigenvalue weighted by atomic mass is 10.1. The minimum atomic E-state index is -0.635. The van der Waals surface area contributed by atoms with Gasteiger partial charge in [-0.05, 0) is 18.2 Å². The monoisotopic (exact) mass is 455 g/mol. The molecule has 1 saturated heterocycles. The summed E-state index contributed by atoms with van der Waals surface area (Å²) in [5.74, 6) is 0.377. The predicted octanol–water partition coefficient (Wildman–Crippen LogP) is 2.09. The molecule has 2 aromatic heterocycles. The molecule has 1 aromatic carbocycles. The summed E-state index contributed by atoms with van der Waals surface area (Å²) in [6.45, 7) is 1.20. The SMILES string of the molecule is Cn1c(N2CCOC(C(=O)c3ccc(Br)cc3)C2)nc(-c2ccncn2)cc1=O. The fraction of sp³-hybridized carbons (Fsp3) is 0.250. The highest BCUT2D eigenvalue weighted by molar-refractivity contribution is 9.10. The van der Waals surface area contributed by atoms with Crippen LogP contribution < -0.4 is 10.5 Å². The van der Waals surface area contributed by atoms with Gasteiger partial charge in [-0.3, -0.25) is 14.2 Å². The summed E-state index contributed by atoms with van der Waals surface area (Å²) >= 11 is 3.37. The fourth-order valence-corrected chi connectivity index (χ4v) is 3.44. The maximum absolute atomic E-state index is 12.9. The molecular formula is C20H18BrN5O3. The van der Waals surface area contributed by atoms with Gasteiger partial charge in [0, 0.05) is 35.9 Å². The maximum atomic E-state index is 12.9. The van der Waals surface area contributed by atoms with Gasteiger partial charge in [0.2, 0.25) is 5.95 Å². The van der Waals surface area contributed by atoms with E-state index in [9.17, 15) is 9.59 Å². The van der Waals surface area contributed by atoms with Gasteiger partial charge in [-0.1, -0.05) is 28.1 Å². The van der Waals surface area contributed by atoms with Crippen molar-refractivity contribution < 1.29 is 9.53 Å². The zero-order valence-corrected chi connectivity index (χ0v) is 17.2. The van der Waals surface area contributed by atoms with E-state index >= 15 is 0 Å². The highest BCUT2D eigenvalue weighted by Crippen LogP contribution is 2.20. The lowest BCUT2D eigenvalue weighted by Crippen LogP contribution is -2.48. The summed E-state index contributed by atoms with van der Waals surface area (Å²) in [5.41, 5.74) is 1.41. The standard InChI is InChI=1S/C20H18BrN5O3/c1-25-18(27)10-16(15-6-7-22-12-23-15)24-20(25)26-8-9-29-17(11-26)19(28)13-2-4-14(21)5-3-13/h2-7,10,12,17H,8-9,11H2,1H3. The third kappa shape index (κ3) is 4.10. The zero-order valence-electron chi connectivity index (χ0n) is 15.7. The van der Waals surface area contributed by atoms with Gasteiger partial charge in [0.05, 0.1) is 24.5 Å². The lowest BCUT2D eigenvalue weighted by molar-refractivity contribution is 0.0337. The van der Waals surface area contributed by atoms with E-state index < -0.39 is 6.10 Å². The van der Waals surface area contributed by atoms with Crippen LogP contribution in [-0.2, 0) is 11.8 Å². The number of nitrogens with zero attached hydrogens (tertiary/aromatic N) is 5. The third-order valence-corrected chi connectivity index (χ3v) is 5.25. The molecule has 0 spiro atoms. The number of aromatic nitrogens is 4. The Hall–Kier alpha value is -2.91. The summed E-state index contributed by atoms with van der Waals surface area (Å²) in [6.07, 6.45) is 2.38. The van der Waals surface area contributed by atoms with Crippen LogP contribution in [-0.4, -0.2) is 51.1 Å². The van der Waals surface area contributed by atoms with Crippen LogP contribution in [0.15, 0.2) is 58.2 Å². The van der Waals surface area contributed by atoms with Gasteiger partial charge in [-0.15, -0.1) is 0 Å². The predicted molar refractivity (Wildman–Crippen MR) is 111 cm³/mol. The number of ether oxygens (including phenoxy) is 1. The van der Waals surface area contributed by atoms with Crippen molar-refractivity contribution in [1.29, 1.82) is 0 Å². The normalized spacial score (nSPS) is 16.6. The molecule has 0 radical (unpaired) electrons. The molecule has 1 atom stereocenters. The molecule has 29 heavy (non-hydrogen) atoms. The van der Waals surface area contributed by atoms with Gasteiger partial charge in [-0.25, -0.2) is 15.0 Å². The maximum Gasteiger partial charge on any atom is 0.255 e. The number of rotatable bonds is 4. The second-order valence-electron chi connectivity index (χ2n) is 6.61. The average Bonchev–Trinajstić information content (AvgIpc) is 2.76. The molecule has 9 heteroatoms. The van der Waals surface area contributed by atoms with Gasteiger partial charge in [0.25, 0.3) is 5.56 Å². The molecule has 0 saturated carbocycles. The molecular weight excluding hydrogens is 438 g/mol. The van der Waals surface area contributed by atoms with Crippen molar-refractivity contribution >= 4 is 27.7 Å². The number of anilines is 1. The van der Waals surface area contributed by atoms with Crippen LogP contribution in [0.2, 0.25) is 0 Å². The second-order valence-corrected chi connectivity index (χ2v) is 7.53. The summed E-state index contributed by atoms with van der Waals surface area (Å²) < 4.78 is 8.10. The molecule has 0 bridgehead atoms. The number of halogens is 1.